The Morgan fingerprint density at radius 2 is 1.39 bits per heavy atom. The number of hydrogen-bond acceptors (Lipinski definition) is 0. The smallest absolute Gasteiger partial charge is 0.247 e. The van der Waals surface area contributed by atoms with E-state index in [2.05, 4.69) is 42.7 Å². The number of unbranched alkanes of at least 4 members (excludes halogenated alkanes) is 9. The fourth-order valence-electron chi connectivity index (χ4n) is 3.65. The number of hydrogen-bond donors (Lipinski definition) is 1. The van der Waals surface area contributed by atoms with Gasteiger partial charge in [0.15, 0.2) is 0 Å². The van der Waals surface area contributed by atoms with Crippen LogP contribution in [0.4, 0.5) is 0 Å². The summed E-state index contributed by atoms with van der Waals surface area (Å²) in [7, 11) is 0. The number of H-pyrrole nitrogens is 1. The normalized spacial score (nSPS) is 12.7. The quantitative estimate of drug-likeness (QED) is 0.280. The Kier molecular flexibility index (Phi) is 12.0. The first-order valence-corrected chi connectivity index (χ1v) is 10.4. The van der Waals surface area contributed by atoms with Crippen molar-refractivity contribution < 1.29 is 4.57 Å². The lowest BCUT2D eigenvalue weighted by atomic mass is 9.95. The van der Waals surface area contributed by atoms with E-state index in [1.54, 1.807) is 0 Å². The van der Waals surface area contributed by atoms with E-state index in [0.29, 0.717) is 0 Å². The molecule has 0 unspecified atom stereocenters. The van der Waals surface area contributed by atoms with Crippen molar-refractivity contribution in [3.63, 3.8) is 0 Å². The highest BCUT2D eigenvalue weighted by Gasteiger charge is 2.20. The van der Waals surface area contributed by atoms with Gasteiger partial charge in [0.1, 0.15) is 12.4 Å². The average molecular weight is 322 g/mol. The molecule has 1 aromatic heterocycles. The summed E-state index contributed by atoms with van der Waals surface area (Å²) in [6.45, 7) is 7.92. The number of nitrogens with one attached hydrogen (secondary N) is 1. The molecule has 23 heavy (non-hydrogen) atoms. The lowest BCUT2D eigenvalue weighted by Gasteiger charge is -2.12. The predicted octanol–water partition coefficient (Wildman–Crippen LogP) is 6.52. The maximum atomic E-state index is 3.49. The predicted molar refractivity (Wildman–Crippen MR) is 101 cm³/mol. The minimum atomic E-state index is 0.726. The maximum Gasteiger partial charge on any atom is 0.257 e. The third kappa shape index (κ3) is 8.58. The summed E-state index contributed by atoms with van der Waals surface area (Å²) >= 11 is 0. The van der Waals surface area contributed by atoms with Gasteiger partial charge in [-0.1, -0.05) is 84.5 Å². The summed E-state index contributed by atoms with van der Waals surface area (Å²) in [5.41, 5.74) is 0. The molecule has 0 aliphatic rings. The van der Waals surface area contributed by atoms with Crippen LogP contribution < -0.4 is 4.57 Å². The second-order valence-corrected chi connectivity index (χ2v) is 7.09. The van der Waals surface area contributed by atoms with E-state index < -0.39 is 0 Å². The van der Waals surface area contributed by atoms with E-state index in [4.69, 9.17) is 0 Å². The molecule has 2 heteroatoms. The molecule has 0 spiro atoms. The van der Waals surface area contributed by atoms with Gasteiger partial charge in [0, 0.05) is 0 Å². The van der Waals surface area contributed by atoms with Crippen LogP contribution in [0.1, 0.15) is 116 Å². The number of nitrogens with zero attached hydrogens (tertiary/aromatic N) is 1. The fourth-order valence-corrected chi connectivity index (χ4v) is 3.65. The van der Waals surface area contributed by atoms with Gasteiger partial charge in [0.2, 0.25) is 0 Å². The zero-order valence-corrected chi connectivity index (χ0v) is 16.1. The molecule has 1 rings (SSSR count). The van der Waals surface area contributed by atoms with Crippen molar-refractivity contribution in [2.75, 3.05) is 0 Å². The maximum absolute atomic E-state index is 3.49. The highest BCUT2D eigenvalue weighted by molar-refractivity contribution is 4.89. The molecule has 0 saturated heterocycles. The second kappa shape index (κ2) is 13.6. The Bertz CT molecular complexity index is 370. The van der Waals surface area contributed by atoms with E-state index in [1.807, 2.05) is 0 Å². The molecular formula is C21H41N2+. The van der Waals surface area contributed by atoms with Crippen LogP contribution in [0.5, 0.6) is 0 Å². The topological polar surface area (TPSA) is 19.7 Å². The number of aryl methyl sites for hydroxylation is 1. The number of aromatic nitrogens is 2. The SMILES string of the molecule is CCCCCCCCCCCC[C@H](CCC)c1[nH]cc[n+]1CC. The lowest BCUT2D eigenvalue weighted by molar-refractivity contribution is -0.701. The van der Waals surface area contributed by atoms with Crippen molar-refractivity contribution >= 4 is 0 Å². The van der Waals surface area contributed by atoms with Gasteiger partial charge in [0.05, 0.1) is 12.5 Å². The van der Waals surface area contributed by atoms with Crippen LogP contribution in [0.25, 0.3) is 0 Å². The minimum absolute atomic E-state index is 0.726. The molecule has 0 bridgehead atoms. The molecule has 1 heterocycles. The number of rotatable bonds is 15. The number of aromatic amines is 1. The van der Waals surface area contributed by atoms with Crippen molar-refractivity contribution in [1.82, 2.24) is 4.98 Å². The minimum Gasteiger partial charge on any atom is -0.247 e. The highest BCUT2D eigenvalue weighted by atomic mass is 15.1. The zero-order chi connectivity index (χ0) is 16.8. The molecule has 0 saturated carbocycles. The van der Waals surface area contributed by atoms with Crippen LogP contribution in [0.3, 0.4) is 0 Å². The van der Waals surface area contributed by atoms with Crippen LogP contribution in [-0.2, 0) is 6.54 Å². The van der Waals surface area contributed by atoms with Crippen LogP contribution in [0.15, 0.2) is 12.4 Å². The monoisotopic (exact) mass is 321 g/mol. The largest absolute Gasteiger partial charge is 0.257 e. The first kappa shape index (κ1) is 20.3. The van der Waals surface area contributed by atoms with E-state index in [-0.39, 0.29) is 0 Å². The van der Waals surface area contributed by atoms with Gasteiger partial charge >= 0.3 is 0 Å². The molecule has 1 N–H and O–H groups in total. The van der Waals surface area contributed by atoms with Gasteiger partial charge in [-0.25, -0.2) is 9.55 Å². The molecule has 0 amide bonds. The van der Waals surface area contributed by atoms with E-state index in [9.17, 15) is 0 Å². The average Bonchev–Trinajstić information content (AvgIpc) is 3.04. The van der Waals surface area contributed by atoms with Crippen LogP contribution in [0, 0.1) is 0 Å². The Labute approximate surface area is 145 Å². The van der Waals surface area contributed by atoms with Crippen molar-refractivity contribution in [2.24, 2.45) is 0 Å². The van der Waals surface area contributed by atoms with Crippen molar-refractivity contribution in [3.8, 4) is 0 Å². The molecule has 0 radical (unpaired) electrons. The van der Waals surface area contributed by atoms with E-state index >= 15 is 0 Å². The third-order valence-electron chi connectivity index (χ3n) is 5.07. The fraction of sp³-hybridized carbons (Fsp3) is 0.857. The standard InChI is InChI=1S/C21H40N2/c1-4-7-8-9-10-11-12-13-14-15-17-20(16-5-2)21-22-18-19-23(21)6-3/h18-20H,4-17H2,1-3H3/p+1/t20-/m0/s1. The molecule has 0 aromatic carbocycles. The molecule has 0 aliphatic heterocycles. The van der Waals surface area contributed by atoms with Gasteiger partial charge in [-0.2, -0.15) is 0 Å². The number of imidazole rings is 1. The van der Waals surface area contributed by atoms with Crippen LogP contribution >= 0.6 is 0 Å². The van der Waals surface area contributed by atoms with Crippen molar-refractivity contribution in [2.45, 2.75) is 117 Å². The molecule has 2 nitrogen and oxygen atoms in total. The summed E-state index contributed by atoms with van der Waals surface area (Å²) in [5.74, 6) is 2.18. The summed E-state index contributed by atoms with van der Waals surface area (Å²) in [4.78, 5) is 3.49. The van der Waals surface area contributed by atoms with Crippen molar-refractivity contribution in [3.05, 3.63) is 18.2 Å². The van der Waals surface area contributed by atoms with Crippen molar-refractivity contribution in [1.29, 1.82) is 0 Å². The van der Waals surface area contributed by atoms with Gasteiger partial charge in [0.25, 0.3) is 5.82 Å². The van der Waals surface area contributed by atoms with Gasteiger partial charge in [-0.3, -0.25) is 0 Å². The zero-order valence-electron chi connectivity index (χ0n) is 16.1. The summed E-state index contributed by atoms with van der Waals surface area (Å²) in [6, 6.07) is 0. The molecular weight excluding hydrogens is 280 g/mol. The molecule has 1 aromatic rings. The van der Waals surface area contributed by atoms with Gasteiger partial charge in [-0.15, -0.1) is 0 Å². The summed E-state index contributed by atoms with van der Waals surface area (Å²) in [5, 5.41) is 0. The van der Waals surface area contributed by atoms with Crippen LogP contribution in [0.2, 0.25) is 0 Å². The Hall–Kier alpha value is -0.790. The summed E-state index contributed by atoms with van der Waals surface area (Å²) < 4.78 is 2.39. The molecule has 0 aliphatic carbocycles. The molecule has 134 valence electrons. The van der Waals surface area contributed by atoms with Gasteiger partial charge in [-0.05, 0) is 19.8 Å². The Balaban J connectivity index is 2.12. The second-order valence-electron chi connectivity index (χ2n) is 7.09. The van der Waals surface area contributed by atoms with Crippen LogP contribution in [-0.4, -0.2) is 4.98 Å². The highest BCUT2D eigenvalue weighted by Crippen LogP contribution is 2.24. The first-order valence-electron chi connectivity index (χ1n) is 10.4. The Morgan fingerprint density at radius 1 is 0.783 bits per heavy atom. The van der Waals surface area contributed by atoms with Gasteiger partial charge < -0.3 is 0 Å². The lowest BCUT2D eigenvalue weighted by Crippen LogP contribution is -2.36. The Morgan fingerprint density at radius 3 is 1.96 bits per heavy atom. The van der Waals surface area contributed by atoms with E-state index in [0.717, 1.165) is 12.5 Å². The first-order chi connectivity index (χ1) is 11.3. The molecule has 0 fully saturated rings. The summed E-state index contributed by atoms with van der Waals surface area (Å²) in [6.07, 6.45) is 22.5. The molecule has 1 atom stereocenters. The van der Waals surface area contributed by atoms with E-state index in [1.165, 1.54) is 89.3 Å². The third-order valence-corrected chi connectivity index (χ3v) is 5.07.